The van der Waals surface area contributed by atoms with Crippen molar-refractivity contribution in [3.63, 3.8) is 0 Å². The zero-order valence-electron chi connectivity index (χ0n) is 14.8. The zero-order chi connectivity index (χ0) is 17.9. The summed E-state index contributed by atoms with van der Waals surface area (Å²) in [5, 5.41) is 3.55. The minimum absolute atomic E-state index is 0.00231. The molecule has 2 N–H and O–H groups in total. The molecule has 0 fully saturated rings. The Bertz CT molecular complexity index is 814. The summed E-state index contributed by atoms with van der Waals surface area (Å²) in [7, 11) is -3.33. The molecule has 0 radical (unpaired) electrons. The lowest BCUT2D eigenvalue weighted by Crippen LogP contribution is -2.32. The zero-order valence-corrected chi connectivity index (χ0v) is 15.6. The van der Waals surface area contributed by atoms with E-state index in [1.807, 2.05) is 50.5 Å². The summed E-state index contributed by atoms with van der Waals surface area (Å²) < 4.78 is 29.3. The van der Waals surface area contributed by atoms with E-state index in [2.05, 4.69) is 19.6 Å². The molecule has 6 nitrogen and oxygen atoms in total. The highest BCUT2D eigenvalue weighted by Gasteiger charge is 2.21. The van der Waals surface area contributed by atoms with E-state index in [1.54, 1.807) is 0 Å². The number of aromatic nitrogens is 2. The van der Waals surface area contributed by atoms with Crippen molar-refractivity contribution >= 4 is 10.0 Å². The molecule has 1 unspecified atom stereocenters. The Morgan fingerprint density at radius 3 is 2.80 bits per heavy atom. The SMILES string of the molecule is CC(C)NS(=O)(=O)Cc1ccccc1CNC1CCCn2ccnc21. The third-order valence-corrected chi connectivity index (χ3v) is 5.89. The summed E-state index contributed by atoms with van der Waals surface area (Å²) in [6.45, 7) is 5.31. The normalized spacial score (nSPS) is 17.6. The second-order valence-electron chi connectivity index (χ2n) is 6.85. The van der Waals surface area contributed by atoms with Gasteiger partial charge in [0.25, 0.3) is 0 Å². The number of imidazole rings is 1. The van der Waals surface area contributed by atoms with Crippen molar-refractivity contribution in [1.82, 2.24) is 19.6 Å². The van der Waals surface area contributed by atoms with Crippen molar-refractivity contribution in [2.45, 2.75) is 57.6 Å². The highest BCUT2D eigenvalue weighted by atomic mass is 32.2. The Kier molecular flexibility index (Phi) is 5.56. The van der Waals surface area contributed by atoms with Gasteiger partial charge in [-0.1, -0.05) is 24.3 Å². The van der Waals surface area contributed by atoms with E-state index >= 15 is 0 Å². The molecule has 0 aliphatic carbocycles. The van der Waals surface area contributed by atoms with Crippen molar-refractivity contribution in [3.05, 3.63) is 53.6 Å². The van der Waals surface area contributed by atoms with Gasteiger partial charge in [-0.15, -0.1) is 0 Å². The molecule has 1 aliphatic heterocycles. The van der Waals surface area contributed by atoms with Gasteiger partial charge < -0.3 is 9.88 Å². The molecule has 0 saturated heterocycles. The smallest absolute Gasteiger partial charge is 0.216 e. The van der Waals surface area contributed by atoms with E-state index in [-0.39, 0.29) is 17.8 Å². The fraction of sp³-hybridized carbons (Fsp3) is 0.500. The van der Waals surface area contributed by atoms with Gasteiger partial charge in [0.1, 0.15) is 5.82 Å². The quantitative estimate of drug-likeness (QED) is 0.793. The Morgan fingerprint density at radius 1 is 1.28 bits per heavy atom. The van der Waals surface area contributed by atoms with Crippen molar-refractivity contribution in [2.75, 3.05) is 0 Å². The number of nitrogens with one attached hydrogen (secondary N) is 2. The molecule has 25 heavy (non-hydrogen) atoms. The molecule has 136 valence electrons. The van der Waals surface area contributed by atoms with E-state index in [1.165, 1.54) is 0 Å². The third-order valence-electron chi connectivity index (χ3n) is 4.37. The standard InChI is InChI=1S/C18H26N4O2S/c1-14(2)21-25(23,24)13-16-7-4-3-6-15(16)12-20-17-8-5-10-22-11-9-19-18(17)22/h3-4,6-7,9,11,14,17,20-21H,5,8,10,12-13H2,1-2H3. The number of fused-ring (bicyclic) bond motifs is 1. The summed E-state index contributed by atoms with van der Waals surface area (Å²) in [5.41, 5.74) is 1.85. The molecule has 0 spiro atoms. The van der Waals surface area contributed by atoms with Crippen LogP contribution in [0.1, 0.15) is 49.7 Å². The number of nitrogens with zero attached hydrogens (tertiary/aromatic N) is 2. The Balaban J connectivity index is 1.70. The topological polar surface area (TPSA) is 76.0 Å². The average molecular weight is 362 g/mol. The number of benzene rings is 1. The fourth-order valence-corrected chi connectivity index (χ4v) is 4.81. The largest absolute Gasteiger partial charge is 0.334 e. The molecule has 2 heterocycles. The van der Waals surface area contributed by atoms with Gasteiger partial charge in [-0.3, -0.25) is 0 Å². The molecule has 1 aliphatic rings. The first-order valence-corrected chi connectivity index (χ1v) is 10.4. The van der Waals surface area contributed by atoms with E-state index in [4.69, 9.17) is 0 Å². The van der Waals surface area contributed by atoms with Crippen LogP contribution in [0.2, 0.25) is 0 Å². The highest BCUT2D eigenvalue weighted by molar-refractivity contribution is 7.88. The maximum absolute atomic E-state index is 12.3. The molecule has 0 bridgehead atoms. The van der Waals surface area contributed by atoms with Gasteiger partial charge in [0.2, 0.25) is 10.0 Å². The highest BCUT2D eigenvalue weighted by Crippen LogP contribution is 2.24. The van der Waals surface area contributed by atoms with Gasteiger partial charge in [-0.2, -0.15) is 0 Å². The van der Waals surface area contributed by atoms with Crippen LogP contribution in [0.3, 0.4) is 0 Å². The lowest BCUT2D eigenvalue weighted by molar-refractivity contribution is 0.384. The molecule has 0 saturated carbocycles. The summed E-state index contributed by atoms with van der Waals surface area (Å²) in [5.74, 6) is 1.07. The number of hydrogen-bond acceptors (Lipinski definition) is 4. The van der Waals surface area contributed by atoms with Gasteiger partial charge in [0.05, 0.1) is 11.8 Å². The first-order chi connectivity index (χ1) is 11.9. The predicted molar refractivity (Wildman–Crippen MR) is 98.4 cm³/mol. The molecular weight excluding hydrogens is 336 g/mol. The summed E-state index contributed by atoms with van der Waals surface area (Å²) >= 11 is 0. The fourth-order valence-electron chi connectivity index (χ4n) is 3.32. The van der Waals surface area contributed by atoms with Crippen LogP contribution >= 0.6 is 0 Å². The van der Waals surface area contributed by atoms with Crippen LogP contribution in [0, 0.1) is 0 Å². The molecule has 7 heteroatoms. The van der Waals surface area contributed by atoms with Crippen molar-refractivity contribution in [3.8, 4) is 0 Å². The number of hydrogen-bond donors (Lipinski definition) is 2. The summed E-state index contributed by atoms with van der Waals surface area (Å²) in [6, 6.07) is 7.82. The lowest BCUT2D eigenvalue weighted by Gasteiger charge is -2.25. The monoisotopic (exact) mass is 362 g/mol. The first-order valence-electron chi connectivity index (χ1n) is 8.76. The summed E-state index contributed by atoms with van der Waals surface area (Å²) in [6.07, 6.45) is 6.02. The van der Waals surface area contributed by atoms with Crippen LogP contribution in [0.5, 0.6) is 0 Å². The van der Waals surface area contributed by atoms with Gasteiger partial charge in [-0.05, 0) is 37.8 Å². The Hall–Kier alpha value is -1.70. The Labute approximate surface area is 149 Å². The number of aryl methyl sites for hydroxylation is 1. The first kappa shape index (κ1) is 18.1. The molecular formula is C18H26N4O2S. The number of sulfonamides is 1. The maximum Gasteiger partial charge on any atom is 0.216 e. The van der Waals surface area contributed by atoms with Crippen LogP contribution in [0.25, 0.3) is 0 Å². The van der Waals surface area contributed by atoms with E-state index in [9.17, 15) is 8.42 Å². The summed E-state index contributed by atoms with van der Waals surface area (Å²) in [4.78, 5) is 4.46. The van der Waals surface area contributed by atoms with Crippen molar-refractivity contribution in [1.29, 1.82) is 0 Å². The molecule has 1 aromatic heterocycles. The molecule has 2 aromatic rings. The van der Waals surface area contributed by atoms with E-state index < -0.39 is 10.0 Å². The van der Waals surface area contributed by atoms with E-state index in [0.717, 1.165) is 36.3 Å². The minimum Gasteiger partial charge on any atom is -0.334 e. The lowest BCUT2D eigenvalue weighted by atomic mass is 10.1. The molecule has 3 rings (SSSR count). The molecule has 0 amide bonds. The average Bonchev–Trinajstić information content (AvgIpc) is 3.01. The minimum atomic E-state index is -3.33. The van der Waals surface area contributed by atoms with Gasteiger partial charge in [0.15, 0.2) is 0 Å². The van der Waals surface area contributed by atoms with Crippen LogP contribution in [-0.4, -0.2) is 24.0 Å². The second kappa shape index (κ2) is 7.68. The van der Waals surface area contributed by atoms with Gasteiger partial charge in [-0.25, -0.2) is 18.1 Å². The molecule has 1 aromatic carbocycles. The van der Waals surface area contributed by atoms with Gasteiger partial charge in [0, 0.05) is 31.5 Å². The maximum atomic E-state index is 12.3. The van der Waals surface area contributed by atoms with Crippen LogP contribution < -0.4 is 10.0 Å². The van der Waals surface area contributed by atoms with Crippen LogP contribution in [0.4, 0.5) is 0 Å². The van der Waals surface area contributed by atoms with Crippen LogP contribution in [-0.2, 0) is 28.9 Å². The number of rotatable bonds is 7. The van der Waals surface area contributed by atoms with Crippen LogP contribution in [0.15, 0.2) is 36.7 Å². The van der Waals surface area contributed by atoms with Crippen molar-refractivity contribution < 1.29 is 8.42 Å². The van der Waals surface area contributed by atoms with E-state index in [0.29, 0.717) is 6.54 Å². The Morgan fingerprint density at radius 2 is 2.04 bits per heavy atom. The van der Waals surface area contributed by atoms with Gasteiger partial charge >= 0.3 is 0 Å². The predicted octanol–water partition coefficient (Wildman–Crippen LogP) is 2.34. The second-order valence-corrected chi connectivity index (χ2v) is 8.61. The molecule has 1 atom stereocenters. The third kappa shape index (κ3) is 4.68. The van der Waals surface area contributed by atoms with Crippen molar-refractivity contribution in [2.24, 2.45) is 0 Å².